The van der Waals surface area contributed by atoms with Crippen LogP contribution in [0.2, 0.25) is 0 Å². The highest BCUT2D eigenvalue weighted by atomic mass is 32.2. The Bertz CT molecular complexity index is 1060. The third-order valence-corrected chi connectivity index (χ3v) is 5.60. The fourth-order valence-electron chi connectivity index (χ4n) is 3.12. The SMILES string of the molecule is CCCCN(C(=O)CSc1ccc(NC(C)=O)cc1)c1c(N)n(CC(C)C)c(=O)[nH]c1=O. The van der Waals surface area contributed by atoms with Gasteiger partial charge in [-0.3, -0.25) is 23.9 Å². The molecular weight excluding hydrogens is 430 g/mol. The van der Waals surface area contributed by atoms with Crippen LogP contribution in [-0.4, -0.2) is 33.7 Å². The second kappa shape index (κ2) is 11.6. The molecule has 0 fully saturated rings. The number of aromatic nitrogens is 2. The molecule has 0 unspecified atom stereocenters. The molecule has 10 heteroatoms. The Morgan fingerprint density at radius 1 is 1.22 bits per heavy atom. The molecule has 0 saturated carbocycles. The normalized spacial score (nSPS) is 10.9. The first-order valence-electron chi connectivity index (χ1n) is 10.6. The minimum atomic E-state index is -0.665. The van der Waals surface area contributed by atoms with Gasteiger partial charge in [0.15, 0.2) is 5.69 Å². The van der Waals surface area contributed by atoms with Crippen molar-refractivity contribution in [2.75, 3.05) is 28.2 Å². The lowest BCUT2D eigenvalue weighted by Crippen LogP contribution is -2.42. The van der Waals surface area contributed by atoms with Gasteiger partial charge in [-0.05, 0) is 36.6 Å². The fraction of sp³-hybridized carbons (Fsp3) is 0.455. The summed E-state index contributed by atoms with van der Waals surface area (Å²) in [7, 11) is 0. The van der Waals surface area contributed by atoms with E-state index in [0.717, 1.165) is 11.3 Å². The maximum absolute atomic E-state index is 13.1. The number of hydrogen-bond acceptors (Lipinski definition) is 6. The standard InChI is InChI=1S/C22H31N5O4S/c1-5-6-11-26(19-20(23)27(12-14(2)3)22(31)25-21(19)30)18(29)13-32-17-9-7-16(8-10-17)24-15(4)28/h7-10,14H,5-6,11-13,23H2,1-4H3,(H,24,28)(H,25,30,31). The summed E-state index contributed by atoms with van der Waals surface area (Å²) in [5, 5.41) is 2.69. The number of benzene rings is 1. The Morgan fingerprint density at radius 2 is 1.88 bits per heavy atom. The molecule has 0 spiro atoms. The van der Waals surface area contributed by atoms with Crippen LogP contribution >= 0.6 is 11.8 Å². The van der Waals surface area contributed by atoms with E-state index in [2.05, 4.69) is 10.3 Å². The van der Waals surface area contributed by atoms with Gasteiger partial charge in [0.25, 0.3) is 5.56 Å². The number of aromatic amines is 1. The van der Waals surface area contributed by atoms with Crippen molar-refractivity contribution in [3.05, 3.63) is 45.1 Å². The van der Waals surface area contributed by atoms with Crippen LogP contribution in [0.4, 0.5) is 17.2 Å². The van der Waals surface area contributed by atoms with Crippen LogP contribution in [0.1, 0.15) is 40.5 Å². The number of nitrogens with one attached hydrogen (secondary N) is 2. The van der Waals surface area contributed by atoms with Crippen molar-refractivity contribution >= 4 is 40.8 Å². The third-order valence-electron chi connectivity index (χ3n) is 4.61. The van der Waals surface area contributed by atoms with Gasteiger partial charge < -0.3 is 16.0 Å². The van der Waals surface area contributed by atoms with Crippen LogP contribution in [-0.2, 0) is 16.1 Å². The number of rotatable bonds is 10. The van der Waals surface area contributed by atoms with Gasteiger partial charge in [-0.15, -0.1) is 11.8 Å². The smallest absolute Gasteiger partial charge is 0.330 e. The van der Waals surface area contributed by atoms with Crippen LogP contribution in [0.5, 0.6) is 0 Å². The molecule has 9 nitrogen and oxygen atoms in total. The molecule has 0 atom stereocenters. The van der Waals surface area contributed by atoms with Crippen molar-refractivity contribution in [3.8, 4) is 0 Å². The summed E-state index contributed by atoms with van der Waals surface area (Å²) in [6.45, 7) is 7.95. The number of nitrogen functional groups attached to an aromatic ring is 1. The van der Waals surface area contributed by atoms with E-state index in [1.807, 2.05) is 32.9 Å². The lowest BCUT2D eigenvalue weighted by Gasteiger charge is -2.24. The molecule has 1 aromatic heterocycles. The van der Waals surface area contributed by atoms with Gasteiger partial charge in [0.1, 0.15) is 5.82 Å². The zero-order valence-corrected chi connectivity index (χ0v) is 19.8. The largest absolute Gasteiger partial charge is 0.383 e. The zero-order valence-electron chi connectivity index (χ0n) is 18.9. The van der Waals surface area contributed by atoms with E-state index in [0.29, 0.717) is 25.2 Å². The van der Waals surface area contributed by atoms with Crippen molar-refractivity contribution in [3.63, 3.8) is 0 Å². The third kappa shape index (κ3) is 6.74. The molecule has 0 aliphatic rings. The number of amides is 2. The Kier molecular flexibility index (Phi) is 9.13. The van der Waals surface area contributed by atoms with Gasteiger partial charge in [0.05, 0.1) is 5.75 Å². The summed E-state index contributed by atoms with van der Waals surface area (Å²) in [4.78, 5) is 53.7. The molecular formula is C22H31N5O4S. The van der Waals surface area contributed by atoms with Gasteiger partial charge in [-0.25, -0.2) is 4.79 Å². The maximum Gasteiger partial charge on any atom is 0.330 e. The molecule has 32 heavy (non-hydrogen) atoms. The minimum Gasteiger partial charge on any atom is -0.383 e. The molecule has 2 amide bonds. The molecule has 2 aromatic rings. The maximum atomic E-state index is 13.1. The van der Waals surface area contributed by atoms with Crippen molar-refractivity contribution in [1.82, 2.24) is 9.55 Å². The Labute approximate surface area is 191 Å². The van der Waals surface area contributed by atoms with Gasteiger partial charge in [0.2, 0.25) is 11.8 Å². The number of nitrogens with zero attached hydrogens (tertiary/aromatic N) is 2. The van der Waals surface area contributed by atoms with E-state index < -0.39 is 11.2 Å². The van der Waals surface area contributed by atoms with Gasteiger partial charge in [0, 0.05) is 30.6 Å². The van der Waals surface area contributed by atoms with Crippen LogP contribution in [0, 0.1) is 5.92 Å². The molecule has 0 radical (unpaired) electrons. The highest BCUT2D eigenvalue weighted by molar-refractivity contribution is 8.00. The summed E-state index contributed by atoms with van der Waals surface area (Å²) in [6.07, 6.45) is 1.51. The topological polar surface area (TPSA) is 130 Å². The van der Waals surface area contributed by atoms with Gasteiger partial charge >= 0.3 is 5.69 Å². The average molecular weight is 462 g/mol. The van der Waals surface area contributed by atoms with Crippen LogP contribution in [0.3, 0.4) is 0 Å². The second-order valence-corrected chi connectivity index (χ2v) is 8.94. The summed E-state index contributed by atoms with van der Waals surface area (Å²) in [5.41, 5.74) is 5.66. The number of carbonyl (C=O) groups excluding carboxylic acids is 2. The number of carbonyl (C=O) groups is 2. The summed E-state index contributed by atoms with van der Waals surface area (Å²) >= 11 is 1.32. The quantitative estimate of drug-likeness (QED) is 0.466. The zero-order chi connectivity index (χ0) is 23.8. The van der Waals surface area contributed by atoms with E-state index in [4.69, 9.17) is 5.73 Å². The van der Waals surface area contributed by atoms with Crippen LogP contribution in [0.25, 0.3) is 0 Å². The van der Waals surface area contributed by atoms with E-state index in [9.17, 15) is 19.2 Å². The molecule has 0 saturated heterocycles. The first-order valence-corrected chi connectivity index (χ1v) is 11.6. The van der Waals surface area contributed by atoms with Crippen molar-refractivity contribution in [2.24, 2.45) is 5.92 Å². The van der Waals surface area contributed by atoms with E-state index >= 15 is 0 Å². The predicted octanol–water partition coefficient (Wildman–Crippen LogP) is 2.66. The van der Waals surface area contributed by atoms with E-state index in [-0.39, 0.29) is 35.0 Å². The monoisotopic (exact) mass is 461 g/mol. The van der Waals surface area contributed by atoms with Crippen LogP contribution < -0.4 is 27.2 Å². The highest BCUT2D eigenvalue weighted by Gasteiger charge is 2.24. The second-order valence-electron chi connectivity index (χ2n) is 7.89. The van der Waals surface area contributed by atoms with Crippen molar-refractivity contribution in [2.45, 2.75) is 52.0 Å². The molecule has 0 aliphatic heterocycles. The Balaban J connectivity index is 2.28. The van der Waals surface area contributed by atoms with Crippen molar-refractivity contribution < 1.29 is 9.59 Å². The summed E-state index contributed by atoms with van der Waals surface area (Å²) < 4.78 is 1.31. The van der Waals surface area contributed by atoms with E-state index in [1.54, 1.807) is 12.1 Å². The van der Waals surface area contributed by atoms with E-state index in [1.165, 1.54) is 28.2 Å². The number of anilines is 3. The lowest BCUT2D eigenvalue weighted by atomic mass is 10.2. The molecule has 0 bridgehead atoms. The Hall–Kier alpha value is -3.01. The molecule has 2 rings (SSSR count). The minimum absolute atomic E-state index is 0.00145. The molecule has 0 aliphatic carbocycles. The number of thioether (sulfide) groups is 1. The average Bonchev–Trinajstić information content (AvgIpc) is 2.72. The molecule has 4 N–H and O–H groups in total. The first kappa shape index (κ1) is 25.3. The summed E-state index contributed by atoms with van der Waals surface area (Å²) in [6, 6.07) is 7.13. The first-order chi connectivity index (χ1) is 15.1. The highest BCUT2D eigenvalue weighted by Crippen LogP contribution is 2.24. The van der Waals surface area contributed by atoms with Gasteiger partial charge in [-0.2, -0.15) is 0 Å². The molecule has 1 heterocycles. The fourth-order valence-corrected chi connectivity index (χ4v) is 3.90. The number of H-pyrrole nitrogens is 1. The lowest BCUT2D eigenvalue weighted by molar-refractivity contribution is -0.116. The molecule has 1 aromatic carbocycles. The number of unbranched alkanes of at least 4 members (excludes halogenated alkanes) is 1. The van der Waals surface area contributed by atoms with Gasteiger partial charge in [-0.1, -0.05) is 27.2 Å². The predicted molar refractivity (Wildman–Crippen MR) is 129 cm³/mol. The number of nitrogens with two attached hydrogens (primary N) is 1. The van der Waals surface area contributed by atoms with Crippen molar-refractivity contribution in [1.29, 1.82) is 0 Å². The van der Waals surface area contributed by atoms with Crippen LogP contribution in [0.15, 0.2) is 38.8 Å². The Morgan fingerprint density at radius 3 is 2.44 bits per heavy atom. The summed E-state index contributed by atoms with van der Waals surface area (Å²) in [5.74, 6) is -0.216. The molecule has 174 valence electrons. The number of hydrogen-bond donors (Lipinski definition) is 3.